The zero-order valence-electron chi connectivity index (χ0n) is 14.2. The molecule has 1 aliphatic heterocycles. The molecule has 1 saturated heterocycles. The first-order valence-electron chi connectivity index (χ1n) is 8.39. The van der Waals surface area contributed by atoms with Crippen LogP contribution in [0.1, 0.15) is 0 Å². The molecule has 1 aliphatic rings. The number of nitrogens with zero attached hydrogens (tertiary/aromatic N) is 2. The molecule has 1 heterocycles. The Morgan fingerprint density at radius 3 is 2.23 bits per heavy atom. The first-order valence-corrected chi connectivity index (χ1v) is 9.38. The van der Waals surface area contributed by atoms with Gasteiger partial charge in [0.2, 0.25) is 5.91 Å². The quantitative estimate of drug-likeness (QED) is 0.837. The van der Waals surface area contributed by atoms with Crippen molar-refractivity contribution in [1.29, 1.82) is 0 Å². The normalized spacial score (nSPS) is 14.2. The van der Waals surface area contributed by atoms with E-state index >= 15 is 0 Å². The number of para-hydroxylation sites is 1. The minimum absolute atomic E-state index is 0.0404. The number of nitrogens with one attached hydrogen (secondary N) is 1. The van der Waals surface area contributed by atoms with Gasteiger partial charge in [0.05, 0.1) is 5.75 Å². The fourth-order valence-electron chi connectivity index (χ4n) is 2.68. The Hall–Kier alpha value is -2.54. The lowest BCUT2D eigenvalue weighted by atomic mass is 10.3. The van der Waals surface area contributed by atoms with E-state index in [0.717, 1.165) is 5.69 Å². The Balaban J connectivity index is 1.45. The van der Waals surface area contributed by atoms with Crippen molar-refractivity contribution in [3.05, 3.63) is 60.4 Å². The second-order valence-corrected chi connectivity index (χ2v) is 6.90. The zero-order valence-corrected chi connectivity index (χ0v) is 15.0. The number of piperazine rings is 1. The minimum Gasteiger partial charge on any atom is -0.338 e. The predicted molar refractivity (Wildman–Crippen MR) is 101 cm³/mol. The molecule has 0 aliphatic carbocycles. The van der Waals surface area contributed by atoms with Gasteiger partial charge >= 0.3 is 6.03 Å². The van der Waals surface area contributed by atoms with Gasteiger partial charge in [-0.1, -0.05) is 30.3 Å². The number of carbonyl (C=O) groups is 2. The van der Waals surface area contributed by atoms with Crippen molar-refractivity contribution in [3.63, 3.8) is 0 Å². The van der Waals surface area contributed by atoms with Crippen LogP contribution in [0, 0.1) is 5.82 Å². The van der Waals surface area contributed by atoms with Crippen molar-refractivity contribution in [2.24, 2.45) is 0 Å². The first kappa shape index (κ1) is 18.3. The van der Waals surface area contributed by atoms with E-state index in [2.05, 4.69) is 5.32 Å². The molecule has 136 valence electrons. The van der Waals surface area contributed by atoms with Crippen molar-refractivity contribution in [1.82, 2.24) is 9.80 Å². The monoisotopic (exact) mass is 373 g/mol. The average Bonchev–Trinajstić information content (AvgIpc) is 2.68. The molecule has 1 N–H and O–H groups in total. The lowest BCUT2D eigenvalue weighted by Crippen LogP contribution is -2.52. The lowest BCUT2D eigenvalue weighted by Gasteiger charge is -2.34. The molecular formula is C19H20FN3O2S. The number of rotatable bonds is 4. The number of thioether (sulfide) groups is 1. The molecule has 2 aromatic carbocycles. The molecule has 3 amide bonds. The summed E-state index contributed by atoms with van der Waals surface area (Å²) in [6.07, 6.45) is 0. The van der Waals surface area contributed by atoms with Crippen LogP contribution >= 0.6 is 11.8 Å². The largest absolute Gasteiger partial charge is 0.338 e. The van der Waals surface area contributed by atoms with E-state index in [1.807, 2.05) is 30.3 Å². The summed E-state index contributed by atoms with van der Waals surface area (Å²) in [7, 11) is 0. The number of hydrogen-bond donors (Lipinski definition) is 1. The molecule has 0 atom stereocenters. The molecule has 0 bridgehead atoms. The number of urea groups is 1. The molecule has 0 radical (unpaired) electrons. The van der Waals surface area contributed by atoms with Gasteiger partial charge in [0, 0.05) is 36.8 Å². The molecule has 2 aromatic rings. The Kier molecular flexibility index (Phi) is 6.12. The van der Waals surface area contributed by atoms with E-state index in [1.54, 1.807) is 28.0 Å². The topological polar surface area (TPSA) is 52.7 Å². The second kappa shape index (κ2) is 8.71. The maximum absolute atomic E-state index is 13.6. The van der Waals surface area contributed by atoms with E-state index in [-0.39, 0.29) is 23.5 Å². The summed E-state index contributed by atoms with van der Waals surface area (Å²) in [6, 6.07) is 15.5. The van der Waals surface area contributed by atoms with Gasteiger partial charge in [-0.25, -0.2) is 9.18 Å². The number of hydrogen-bond acceptors (Lipinski definition) is 3. The summed E-state index contributed by atoms with van der Waals surface area (Å²) in [6.45, 7) is 1.93. The third-order valence-electron chi connectivity index (χ3n) is 4.13. The predicted octanol–water partition coefficient (Wildman–Crippen LogP) is 3.29. The van der Waals surface area contributed by atoms with E-state index in [1.165, 1.54) is 17.8 Å². The van der Waals surface area contributed by atoms with Crippen LogP contribution in [0.15, 0.2) is 59.5 Å². The summed E-state index contributed by atoms with van der Waals surface area (Å²) in [5.41, 5.74) is 0.747. The third kappa shape index (κ3) is 4.76. The van der Waals surface area contributed by atoms with Gasteiger partial charge in [-0.3, -0.25) is 4.79 Å². The third-order valence-corrected chi connectivity index (χ3v) is 5.17. The van der Waals surface area contributed by atoms with Crippen molar-refractivity contribution < 1.29 is 14.0 Å². The summed E-state index contributed by atoms with van der Waals surface area (Å²) in [5, 5.41) is 2.85. The van der Waals surface area contributed by atoms with Crippen LogP contribution in [0.5, 0.6) is 0 Å². The smallest absolute Gasteiger partial charge is 0.321 e. The molecule has 0 saturated carbocycles. The van der Waals surface area contributed by atoms with Gasteiger partial charge < -0.3 is 15.1 Å². The molecule has 5 nitrogen and oxygen atoms in total. The number of benzene rings is 2. The Morgan fingerprint density at radius 2 is 1.54 bits per heavy atom. The standard InChI is InChI=1S/C19H20FN3O2S/c20-16-8-4-5-9-17(16)26-14-18(24)22-10-12-23(13-11-22)19(25)21-15-6-2-1-3-7-15/h1-9H,10-14H2,(H,21,25). The van der Waals surface area contributed by atoms with Crippen LogP contribution in [0.25, 0.3) is 0 Å². The molecule has 0 aromatic heterocycles. The van der Waals surface area contributed by atoms with Crippen molar-refractivity contribution in [2.75, 3.05) is 37.2 Å². The van der Waals surface area contributed by atoms with Gasteiger partial charge in [-0.15, -0.1) is 11.8 Å². The highest BCUT2D eigenvalue weighted by Gasteiger charge is 2.24. The van der Waals surface area contributed by atoms with Crippen molar-refractivity contribution >= 4 is 29.4 Å². The second-order valence-electron chi connectivity index (χ2n) is 5.88. The van der Waals surface area contributed by atoms with Gasteiger partial charge in [-0.05, 0) is 24.3 Å². The summed E-state index contributed by atoms with van der Waals surface area (Å²) < 4.78 is 13.6. The maximum Gasteiger partial charge on any atom is 0.321 e. The van der Waals surface area contributed by atoms with Crippen LogP contribution in [0.3, 0.4) is 0 Å². The number of amides is 3. The van der Waals surface area contributed by atoms with Crippen LogP contribution in [-0.4, -0.2) is 53.7 Å². The first-order chi connectivity index (χ1) is 12.6. The highest BCUT2D eigenvalue weighted by atomic mass is 32.2. The van der Waals surface area contributed by atoms with Gasteiger partial charge in [0.15, 0.2) is 0 Å². The Morgan fingerprint density at radius 1 is 0.923 bits per heavy atom. The molecule has 3 rings (SSSR count). The lowest BCUT2D eigenvalue weighted by molar-refractivity contribution is -0.129. The van der Waals surface area contributed by atoms with Crippen LogP contribution in [0.4, 0.5) is 14.9 Å². The van der Waals surface area contributed by atoms with E-state index < -0.39 is 0 Å². The molecule has 26 heavy (non-hydrogen) atoms. The van der Waals surface area contributed by atoms with Gasteiger partial charge in [0.1, 0.15) is 5.82 Å². The average molecular weight is 373 g/mol. The van der Waals surface area contributed by atoms with Crippen molar-refractivity contribution in [3.8, 4) is 0 Å². The fraction of sp³-hybridized carbons (Fsp3) is 0.263. The highest BCUT2D eigenvalue weighted by Crippen LogP contribution is 2.21. The number of anilines is 1. The van der Waals surface area contributed by atoms with Crippen molar-refractivity contribution in [2.45, 2.75) is 4.90 Å². The van der Waals surface area contributed by atoms with E-state index in [0.29, 0.717) is 31.1 Å². The highest BCUT2D eigenvalue weighted by molar-refractivity contribution is 8.00. The molecule has 0 unspecified atom stereocenters. The molecule has 0 spiro atoms. The fourth-order valence-corrected chi connectivity index (χ4v) is 3.52. The number of halogens is 1. The van der Waals surface area contributed by atoms with Gasteiger partial charge in [0.25, 0.3) is 0 Å². The number of carbonyl (C=O) groups excluding carboxylic acids is 2. The maximum atomic E-state index is 13.6. The summed E-state index contributed by atoms with van der Waals surface area (Å²) >= 11 is 1.20. The molecular weight excluding hydrogens is 353 g/mol. The Labute approximate surface area is 156 Å². The Bertz CT molecular complexity index is 764. The molecule has 1 fully saturated rings. The van der Waals surface area contributed by atoms with Crippen LogP contribution < -0.4 is 5.32 Å². The SMILES string of the molecule is O=C(CSc1ccccc1F)N1CCN(C(=O)Nc2ccccc2)CC1. The van der Waals surface area contributed by atoms with Crippen LogP contribution in [-0.2, 0) is 4.79 Å². The molecule has 7 heteroatoms. The minimum atomic E-state index is -0.312. The van der Waals surface area contributed by atoms with Gasteiger partial charge in [-0.2, -0.15) is 0 Å². The zero-order chi connectivity index (χ0) is 18.4. The van der Waals surface area contributed by atoms with Crippen LogP contribution in [0.2, 0.25) is 0 Å². The summed E-state index contributed by atoms with van der Waals surface area (Å²) in [5.74, 6) is -0.161. The van der Waals surface area contributed by atoms with E-state index in [4.69, 9.17) is 0 Å². The van der Waals surface area contributed by atoms with E-state index in [9.17, 15) is 14.0 Å². The summed E-state index contributed by atoms with van der Waals surface area (Å²) in [4.78, 5) is 28.5.